The molecule has 1 heterocycles. The van der Waals surface area contributed by atoms with Crippen molar-refractivity contribution in [1.29, 1.82) is 0 Å². The molecule has 1 nitrogen and oxygen atoms in total. The van der Waals surface area contributed by atoms with E-state index in [1.807, 2.05) is 0 Å². The molecule has 0 aromatic heterocycles. The van der Waals surface area contributed by atoms with E-state index in [-0.39, 0.29) is 13.1 Å². The van der Waals surface area contributed by atoms with Gasteiger partial charge >= 0.3 is 12.2 Å². The molecule has 1 saturated heterocycles. The lowest BCUT2D eigenvalue weighted by Gasteiger charge is -2.34. The van der Waals surface area contributed by atoms with Crippen molar-refractivity contribution >= 4 is 0 Å². The second-order valence-corrected chi connectivity index (χ2v) is 3.51. The Morgan fingerprint density at radius 2 is 1.36 bits per heavy atom. The molecule has 0 atom stereocenters. The molecule has 0 bridgehead atoms. The highest BCUT2D eigenvalue weighted by Crippen LogP contribution is 2.35. The van der Waals surface area contributed by atoms with E-state index >= 15 is 0 Å². The molecule has 0 radical (unpaired) electrons. The normalized spacial score (nSPS) is 21.2. The van der Waals surface area contributed by atoms with Crippen LogP contribution < -0.4 is 0 Å². The molecule has 84 valence electrons. The van der Waals surface area contributed by atoms with E-state index in [0.29, 0.717) is 17.7 Å². The minimum atomic E-state index is -4.80. The van der Waals surface area contributed by atoms with Gasteiger partial charge in [0.25, 0.3) is 0 Å². The fourth-order valence-corrected chi connectivity index (χ4v) is 1.57. The smallest absolute Gasteiger partial charge is 0.244 e. The van der Waals surface area contributed by atoms with Gasteiger partial charge in [-0.05, 0) is 12.8 Å². The highest BCUT2D eigenvalue weighted by molar-refractivity contribution is 4.76. The molecule has 6 heteroatoms. The van der Waals surface area contributed by atoms with Crippen molar-refractivity contribution in [2.45, 2.75) is 37.9 Å². The zero-order valence-corrected chi connectivity index (χ0v) is 7.58. The van der Waals surface area contributed by atoms with Gasteiger partial charge in [-0.15, -0.1) is 0 Å². The molecule has 0 aromatic carbocycles. The van der Waals surface area contributed by atoms with Crippen LogP contribution in [0.3, 0.4) is 0 Å². The second-order valence-electron chi connectivity index (χ2n) is 3.51. The highest BCUT2D eigenvalue weighted by atomic mass is 19.4. The standard InChI is InChI=1S/C8H12F5N/c9-7(10,11)6-8(12,13)14-4-2-1-3-5-14/h1-6H2. The lowest BCUT2D eigenvalue weighted by atomic mass is 10.1. The Morgan fingerprint density at radius 1 is 0.857 bits per heavy atom. The summed E-state index contributed by atoms with van der Waals surface area (Å²) in [6, 6.07) is -3.74. The average Bonchev–Trinajstić information content (AvgIpc) is 2.01. The lowest BCUT2D eigenvalue weighted by Crippen LogP contribution is -2.47. The van der Waals surface area contributed by atoms with E-state index < -0.39 is 18.6 Å². The number of piperidine rings is 1. The van der Waals surface area contributed by atoms with Crippen LogP contribution in [0.5, 0.6) is 0 Å². The van der Waals surface area contributed by atoms with Crippen LogP contribution in [0.1, 0.15) is 25.7 Å². The summed E-state index contributed by atoms with van der Waals surface area (Å²) in [6.45, 7) is 0.117. The number of hydrogen-bond donors (Lipinski definition) is 0. The largest absolute Gasteiger partial charge is 0.396 e. The quantitative estimate of drug-likeness (QED) is 0.507. The molecule has 14 heavy (non-hydrogen) atoms. The summed E-state index contributed by atoms with van der Waals surface area (Å²) < 4.78 is 61.4. The Bertz CT molecular complexity index is 183. The molecule has 1 aliphatic heterocycles. The van der Waals surface area contributed by atoms with E-state index in [4.69, 9.17) is 0 Å². The van der Waals surface area contributed by atoms with Gasteiger partial charge in [-0.25, -0.2) is 4.90 Å². The summed E-state index contributed by atoms with van der Waals surface area (Å²) in [5, 5.41) is 0. The van der Waals surface area contributed by atoms with Crippen molar-refractivity contribution < 1.29 is 22.0 Å². The predicted octanol–water partition coefficient (Wildman–Crippen LogP) is 3.02. The van der Waals surface area contributed by atoms with Crippen LogP contribution in [0.4, 0.5) is 22.0 Å². The van der Waals surface area contributed by atoms with Gasteiger partial charge < -0.3 is 0 Å². The van der Waals surface area contributed by atoms with Crippen LogP contribution in [0.15, 0.2) is 0 Å². The maximum atomic E-state index is 13.0. The lowest BCUT2D eigenvalue weighted by molar-refractivity contribution is -0.239. The molecule has 1 rings (SSSR count). The van der Waals surface area contributed by atoms with Crippen molar-refractivity contribution in [3.63, 3.8) is 0 Å². The molecule has 0 N–H and O–H groups in total. The Hall–Kier alpha value is -0.390. The average molecular weight is 217 g/mol. The van der Waals surface area contributed by atoms with Crippen molar-refractivity contribution in [1.82, 2.24) is 4.90 Å². The molecule has 1 fully saturated rings. The topological polar surface area (TPSA) is 3.24 Å². The van der Waals surface area contributed by atoms with Crippen LogP contribution >= 0.6 is 0 Å². The Labute approximate surface area is 78.9 Å². The molecule has 0 saturated carbocycles. The van der Waals surface area contributed by atoms with E-state index in [1.165, 1.54) is 0 Å². The van der Waals surface area contributed by atoms with E-state index in [9.17, 15) is 22.0 Å². The van der Waals surface area contributed by atoms with Crippen molar-refractivity contribution in [3.8, 4) is 0 Å². The van der Waals surface area contributed by atoms with Crippen LogP contribution in [-0.4, -0.2) is 30.2 Å². The minimum Gasteiger partial charge on any atom is -0.244 e. The van der Waals surface area contributed by atoms with E-state index in [1.54, 1.807) is 0 Å². The molecular weight excluding hydrogens is 205 g/mol. The molecule has 0 spiro atoms. The zero-order chi connectivity index (χ0) is 10.8. The Kier molecular flexibility index (Phi) is 3.34. The van der Waals surface area contributed by atoms with Gasteiger partial charge in [-0.2, -0.15) is 22.0 Å². The van der Waals surface area contributed by atoms with Crippen molar-refractivity contribution in [3.05, 3.63) is 0 Å². The summed E-state index contributed by atoms with van der Waals surface area (Å²) in [4.78, 5) is 0.629. The first-order valence-electron chi connectivity index (χ1n) is 4.51. The van der Waals surface area contributed by atoms with Gasteiger partial charge in [-0.1, -0.05) is 6.42 Å². The van der Waals surface area contributed by atoms with E-state index in [2.05, 4.69) is 0 Å². The summed E-state index contributed by atoms with van der Waals surface area (Å²) in [7, 11) is 0. The van der Waals surface area contributed by atoms with Crippen LogP contribution in [0.2, 0.25) is 0 Å². The number of likely N-dealkylation sites (tertiary alicyclic amines) is 1. The fraction of sp³-hybridized carbons (Fsp3) is 1.00. The maximum Gasteiger partial charge on any atom is 0.396 e. The van der Waals surface area contributed by atoms with Crippen LogP contribution in [0, 0.1) is 0 Å². The van der Waals surface area contributed by atoms with Gasteiger partial charge in [0.05, 0.1) is 0 Å². The van der Waals surface area contributed by atoms with Gasteiger partial charge in [0.1, 0.15) is 6.42 Å². The third-order valence-electron chi connectivity index (χ3n) is 2.23. The third kappa shape index (κ3) is 3.40. The van der Waals surface area contributed by atoms with Crippen LogP contribution in [-0.2, 0) is 0 Å². The maximum absolute atomic E-state index is 13.0. The number of hydrogen-bond acceptors (Lipinski definition) is 1. The number of halogens is 5. The number of nitrogens with zero attached hydrogens (tertiary/aromatic N) is 1. The van der Waals surface area contributed by atoms with Crippen LogP contribution in [0.25, 0.3) is 0 Å². The summed E-state index contributed by atoms with van der Waals surface area (Å²) in [5.41, 5.74) is 0. The van der Waals surface area contributed by atoms with Crippen molar-refractivity contribution in [2.24, 2.45) is 0 Å². The zero-order valence-electron chi connectivity index (χ0n) is 7.58. The first-order chi connectivity index (χ1) is 6.31. The minimum absolute atomic E-state index is 0.0586. The third-order valence-corrected chi connectivity index (χ3v) is 2.23. The first kappa shape index (κ1) is 11.7. The highest BCUT2D eigenvalue weighted by Gasteiger charge is 2.47. The first-order valence-corrected chi connectivity index (χ1v) is 4.51. The SMILES string of the molecule is FC(F)(F)CC(F)(F)N1CCCCC1. The van der Waals surface area contributed by atoms with Gasteiger partial charge in [0.2, 0.25) is 0 Å². The van der Waals surface area contributed by atoms with Gasteiger partial charge in [0, 0.05) is 13.1 Å². The molecule has 0 unspecified atom stereocenters. The fourth-order valence-electron chi connectivity index (χ4n) is 1.57. The van der Waals surface area contributed by atoms with Gasteiger partial charge in [0.15, 0.2) is 0 Å². The summed E-state index contributed by atoms with van der Waals surface area (Å²) in [6.07, 6.45) is -4.93. The monoisotopic (exact) mass is 217 g/mol. The van der Waals surface area contributed by atoms with Gasteiger partial charge in [-0.3, -0.25) is 0 Å². The van der Waals surface area contributed by atoms with E-state index in [0.717, 1.165) is 6.42 Å². The summed E-state index contributed by atoms with van der Waals surface area (Å²) in [5.74, 6) is 0. The molecule has 0 amide bonds. The molecule has 0 aliphatic carbocycles. The summed E-state index contributed by atoms with van der Waals surface area (Å²) >= 11 is 0. The Morgan fingerprint density at radius 3 is 1.79 bits per heavy atom. The molecular formula is C8H12F5N. The van der Waals surface area contributed by atoms with Crippen molar-refractivity contribution in [2.75, 3.05) is 13.1 Å². The Balaban J connectivity index is 2.54. The second kappa shape index (κ2) is 4.00. The number of alkyl halides is 5. The molecule has 0 aromatic rings. The molecule has 1 aliphatic rings. The number of rotatable bonds is 2. The predicted molar refractivity (Wildman–Crippen MR) is 41.0 cm³/mol.